The molecule has 0 spiro atoms. The van der Waals surface area contributed by atoms with Crippen LogP contribution in [0.1, 0.15) is 19.0 Å². The average molecular weight is 208 g/mol. The Morgan fingerprint density at radius 2 is 2.36 bits per heavy atom. The van der Waals surface area contributed by atoms with Gasteiger partial charge in [0, 0.05) is 11.1 Å². The predicted molar refractivity (Wildman–Crippen MR) is 63.3 cm³/mol. The van der Waals surface area contributed by atoms with Crippen LogP contribution in [0.3, 0.4) is 0 Å². The molecule has 0 radical (unpaired) electrons. The van der Waals surface area contributed by atoms with Crippen LogP contribution < -0.4 is 5.73 Å². The Bertz CT molecular complexity index is 293. The Kier molecular flexibility index (Phi) is 4.70. The molecule has 1 heterocycles. The smallest absolute Gasteiger partial charge is 0.0657 e. The van der Waals surface area contributed by atoms with Gasteiger partial charge in [0.25, 0.3) is 0 Å². The summed E-state index contributed by atoms with van der Waals surface area (Å²) in [5, 5.41) is 0. The molecule has 0 aromatic carbocycles. The van der Waals surface area contributed by atoms with Crippen molar-refractivity contribution in [2.45, 2.75) is 18.2 Å². The molecule has 14 heavy (non-hydrogen) atoms. The van der Waals surface area contributed by atoms with Crippen LogP contribution in [0.4, 0.5) is 0 Å². The van der Waals surface area contributed by atoms with Crippen molar-refractivity contribution in [2.24, 2.45) is 5.73 Å². The van der Waals surface area contributed by atoms with Crippen LogP contribution in [0.2, 0.25) is 0 Å². The van der Waals surface area contributed by atoms with E-state index in [0.717, 1.165) is 23.4 Å². The molecule has 0 aliphatic heterocycles. The lowest BCUT2D eigenvalue weighted by atomic mass is 10.1. The highest BCUT2D eigenvalue weighted by atomic mass is 32.2. The molecule has 0 atom stereocenters. The average Bonchev–Trinajstić information content (AvgIpc) is 2.20. The van der Waals surface area contributed by atoms with Gasteiger partial charge >= 0.3 is 0 Å². The Morgan fingerprint density at radius 1 is 1.57 bits per heavy atom. The fourth-order valence-corrected chi connectivity index (χ4v) is 1.77. The predicted octanol–water partition coefficient (Wildman–Crippen LogP) is 2.56. The molecule has 0 amide bonds. The van der Waals surface area contributed by atoms with E-state index in [1.54, 1.807) is 11.8 Å². The lowest BCUT2D eigenvalue weighted by molar-refractivity contribution is 1.01. The van der Waals surface area contributed by atoms with Gasteiger partial charge in [-0.05, 0) is 36.4 Å². The molecule has 0 saturated carbocycles. The normalized spacial score (nSPS) is 10.1. The lowest BCUT2D eigenvalue weighted by Crippen LogP contribution is -2.00. The first-order chi connectivity index (χ1) is 6.77. The van der Waals surface area contributed by atoms with Crippen molar-refractivity contribution in [1.29, 1.82) is 0 Å². The molecule has 1 rings (SSSR count). The highest BCUT2D eigenvalue weighted by Gasteiger charge is 1.99. The van der Waals surface area contributed by atoms with E-state index in [2.05, 4.69) is 24.6 Å². The number of nitrogens with two attached hydrogens (primary N) is 1. The third kappa shape index (κ3) is 3.16. The van der Waals surface area contributed by atoms with E-state index in [4.69, 9.17) is 5.73 Å². The molecule has 2 N–H and O–H groups in total. The Labute approximate surface area is 89.6 Å². The van der Waals surface area contributed by atoms with Crippen molar-refractivity contribution in [3.8, 4) is 0 Å². The summed E-state index contributed by atoms with van der Waals surface area (Å²) in [4.78, 5) is 5.55. The number of thioether (sulfide) groups is 1. The quantitative estimate of drug-likeness (QED) is 0.756. The zero-order chi connectivity index (χ0) is 10.4. The Morgan fingerprint density at radius 3 is 2.86 bits per heavy atom. The maximum atomic E-state index is 5.45. The minimum Gasteiger partial charge on any atom is -0.330 e. The van der Waals surface area contributed by atoms with E-state index in [1.165, 1.54) is 4.90 Å². The van der Waals surface area contributed by atoms with Crippen LogP contribution in [-0.2, 0) is 0 Å². The van der Waals surface area contributed by atoms with Gasteiger partial charge < -0.3 is 5.73 Å². The van der Waals surface area contributed by atoms with Gasteiger partial charge in [-0.15, -0.1) is 11.8 Å². The topological polar surface area (TPSA) is 38.9 Å². The SMILES string of the molecule is C=C(CCN)c1ccc(SCC)cn1. The Balaban J connectivity index is 2.67. The molecule has 3 heteroatoms. The minimum atomic E-state index is 0.631. The third-order valence-corrected chi connectivity index (χ3v) is 2.72. The summed E-state index contributed by atoms with van der Waals surface area (Å²) in [5.74, 6) is 1.07. The largest absolute Gasteiger partial charge is 0.330 e. The van der Waals surface area contributed by atoms with Crippen molar-refractivity contribution < 1.29 is 0 Å². The van der Waals surface area contributed by atoms with Crippen molar-refractivity contribution in [2.75, 3.05) is 12.3 Å². The summed E-state index contributed by atoms with van der Waals surface area (Å²) in [6, 6.07) is 4.09. The summed E-state index contributed by atoms with van der Waals surface area (Å²) in [7, 11) is 0. The molecular formula is C11H16N2S. The van der Waals surface area contributed by atoms with Crippen LogP contribution in [0.5, 0.6) is 0 Å². The van der Waals surface area contributed by atoms with Gasteiger partial charge in [-0.2, -0.15) is 0 Å². The van der Waals surface area contributed by atoms with E-state index >= 15 is 0 Å². The van der Waals surface area contributed by atoms with Gasteiger partial charge in [-0.1, -0.05) is 13.5 Å². The molecule has 2 nitrogen and oxygen atoms in total. The number of hydrogen-bond donors (Lipinski definition) is 1. The zero-order valence-electron chi connectivity index (χ0n) is 8.49. The van der Waals surface area contributed by atoms with E-state index in [0.29, 0.717) is 6.54 Å². The van der Waals surface area contributed by atoms with Gasteiger partial charge in [-0.3, -0.25) is 4.98 Å². The second-order valence-electron chi connectivity index (χ2n) is 2.95. The standard InChI is InChI=1S/C11H16N2S/c1-3-14-10-4-5-11(13-8-10)9(2)6-7-12/h4-5,8H,2-3,6-7,12H2,1H3. The molecule has 1 aromatic rings. The van der Waals surface area contributed by atoms with E-state index in [1.807, 2.05) is 12.3 Å². The van der Waals surface area contributed by atoms with Gasteiger partial charge in [-0.25, -0.2) is 0 Å². The van der Waals surface area contributed by atoms with Gasteiger partial charge in [0.05, 0.1) is 5.69 Å². The maximum absolute atomic E-state index is 5.45. The van der Waals surface area contributed by atoms with Gasteiger partial charge in [0.2, 0.25) is 0 Å². The van der Waals surface area contributed by atoms with Crippen molar-refractivity contribution in [3.63, 3.8) is 0 Å². The number of pyridine rings is 1. The highest BCUT2D eigenvalue weighted by molar-refractivity contribution is 7.99. The molecule has 0 unspecified atom stereocenters. The molecule has 0 saturated heterocycles. The van der Waals surface area contributed by atoms with Gasteiger partial charge in [0.15, 0.2) is 0 Å². The summed E-state index contributed by atoms with van der Waals surface area (Å²) in [6.45, 7) is 6.70. The number of hydrogen-bond acceptors (Lipinski definition) is 3. The summed E-state index contributed by atoms with van der Waals surface area (Å²) < 4.78 is 0. The first kappa shape index (κ1) is 11.3. The molecule has 0 bridgehead atoms. The lowest BCUT2D eigenvalue weighted by Gasteiger charge is -2.04. The summed E-state index contributed by atoms with van der Waals surface area (Å²) >= 11 is 1.79. The zero-order valence-corrected chi connectivity index (χ0v) is 9.31. The van der Waals surface area contributed by atoms with Crippen LogP contribution in [-0.4, -0.2) is 17.3 Å². The number of nitrogens with zero attached hydrogens (tertiary/aromatic N) is 1. The van der Waals surface area contributed by atoms with Crippen molar-refractivity contribution in [1.82, 2.24) is 4.98 Å². The minimum absolute atomic E-state index is 0.631. The van der Waals surface area contributed by atoms with Crippen molar-refractivity contribution in [3.05, 3.63) is 30.6 Å². The number of aromatic nitrogens is 1. The number of rotatable bonds is 5. The van der Waals surface area contributed by atoms with Crippen LogP contribution in [0, 0.1) is 0 Å². The van der Waals surface area contributed by atoms with Crippen LogP contribution in [0.15, 0.2) is 29.8 Å². The fraction of sp³-hybridized carbons (Fsp3) is 0.364. The molecule has 76 valence electrons. The third-order valence-electron chi connectivity index (χ3n) is 1.86. The second kappa shape index (κ2) is 5.83. The van der Waals surface area contributed by atoms with Crippen LogP contribution >= 0.6 is 11.8 Å². The van der Waals surface area contributed by atoms with Gasteiger partial charge in [0.1, 0.15) is 0 Å². The highest BCUT2D eigenvalue weighted by Crippen LogP contribution is 2.19. The molecule has 0 fully saturated rings. The molecule has 1 aromatic heterocycles. The molecule has 0 aliphatic carbocycles. The summed E-state index contributed by atoms with van der Waals surface area (Å²) in [6.07, 6.45) is 2.71. The fourth-order valence-electron chi connectivity index (χ4n) is 1.14. The first-order valence-corrected chi connectivity index (χ1v) is 5.73. The monoisotopic (exact) mass is 208 g/mol. The van der Waals surface area contributed by atoms with Crippen LogP contribution in [0.25, 0.3) is 5.57 Å². The summed E-state index contributed by atoms with van der Waals surface area (Å²) in [5.41, 5.74) is 7.42. The Hall–Kier alpha value is -0.800. The molecular weight excluding hydrogens is 192 g/mol. The first-order valence-electron chi connectivity index (χ1n) is 4.75. The van der Waals surface area contributed by atoms with E-state index in [-0.39, 0.29) is 0 Å². The van der Waals surface area contributed by atoms with E-state index in [9.17, 15) is 0 Å². The van der Waals surface area contributed by atoms with E-state index < -0.39 is 0 Å². The second-order valence-corrected chi connectivity index (χ2v) is 4.29. The molecule has 0 aliphatic rings. The van der Waals surface area contributed by atoms with Crippen molar-refractivity contribution >= 4 is 17.3 Å². The maximum Gasteiger partial charge on any atom is 0.0657 e.